The van der Waals surface area contributed by atoms with E-state index >= 15 is 0 Å². The molecule has 0 spiro atoms. The Kier molecular flexibility index (Phi) is 4.35. The fraction of sp³-hybridized carbons (Fsp3) is 0.231. The fourth-order valence-electron chi connectivity index (χ4n) is 1.92. The Morgan fingerprint density at radius 3 is 2.52 bits per heavy atom. The molecule has 7 nitrogen and oxygen atoms in total. The van der Waals surface area contributed by atoms with Gasteiger partial charge in [0.25, 0.3) is 0 Å². The van der Waals surface area contributed by atoms with Crippen LogP contribution in [0.2, 0.25) is 5.02 Å². The lowest BCUT2D eigenvalue weighted by Gasteiger charge is -2.16. The quantitative estimate of drug-likeness (QED) is 0.673. The van der Waals surface area contributed by atoms with Crippen molar-refractivity contribution in [2.75, 3.05) is 14.2 Å². The van der Waals surface area contributed by atoms with Crippen molar-refractivity contribution in [2.45, 2.75) is 6.04 Å². The molecule has 2 aromatic rings. The van der Waals surface area contributed by atoms with Crippen LogP contribution in [0.15, 0.2) is 28.7 Å². The Balaban J connectivity index is 2.44. The molecule has 0 saturated carbocycles. The summed E-state index contributed by atoms with van der Waals surface area (Å²) in [6, 6.07) is 5.24. The van der Waals surface area contributed by atoms with Crippen molar-refractivity contribution in [1.29, 1.82) is 0 Å². The van der Waals surface area contributed by atoms with Gasteiger partial charge in [0.1, 0.15) is 27.2 Å². The summed E-state index contributed by atoms with van der Waals surface area (Å²) >= 11 is 6.16. The minimum absolute atomic E-state index is 0.237. The maximum atomic E-state index is 10.6. The van der Waals surface area contributed by atoms with Gasteiger partial charge >= 0.3 is 5.88 Å². The number of benzene rings is 1. The molecule has 1 aromatic carbocycles. The van der Waals surface area contributed by atoms with Crippen LogP contribution in [0.4, 0.5) is 5.88 Å². The molecule has 0 radical (unpaired) electrons. The first-order valence-electron chi connectivity index (χ1n) is 5.89. The van der Waals surface area contributed by atoms with Crippen molar-refractivity contribution in [1.82, 2.24) is 0 Å². The molecule has 2 N–H and O–H groups in total. The zero-order valence-corrected chi connectivity index (χ0v) is 12.1. The highest BCUT2D eigenvalue weighted by Gasteiger charge is 2.23. The van der Waals surface area contributed by atoms with Crippen LogP contribution in [0, 0.1) is 10.1 Å². The van der Waals surface area contributed by atoms with Gasteiger partial charge in [-0.1, -0.05) is 11.6 Å². The van der Waals surface area contributed by atoms with E-state index in [2.05, 4.69) is 0 Å². The molecule has 0 bridgehead atoms. The molecule has 1 unspecified atom stereocenters. The van der Waals surface area contributed by atoms with Gasteiger partial charge in [0.2, 0.25) is 0 Å². The van der Waals surface area contributed by atoms with Crippen LogP contribution in [0.25, 0.3) is 0 Å². The molecule has 0 saturated heterocycles. The lowest BCUT2D eigenvalue weighted by Crippen LogP contribution is -2.12. The van der Waals surface area contributed by atoms with Crippen LogP contribution in [0.1, 0.15) is 17.4 Å². The summed E-state index contributed by atoms with van der Waals surface area (Å²) in [6.07, 6.45) is 0. The molecular formula is C13H13ClN2O5. The van der Waals surface area contributed by atoms with Crippen LogP contribution < -0.4 is 15.2 Å². The number of nitrogens with zero attached hydrogens (tertiary/aromatic N) is 1. The van der Waals surface area contributed by atoms with Gasteiger partial charge in [-0.2, -0.15) is 0 Å². The van der Waals surface area contributed by atoms with Gasteiger partial charge in [-0.25, -0.2) is 0 Å². The van der Waals surface area contributed by atoms with Crippen LogP contribution >= 0.6 is 11.6 Å². The van der Waals surface area contributed by atoms with Gasteiger partial charge in [0.15, 0.2) is 0 Å². The zero-order chi connectivity index (χ0) is 15.6. The van der Waals surface area contributed by atoms with Gasteiger partial charge < -0.3 is 19.6 Å². The predicted octanol–water partition coefficient (Wildman–Crippen LogP) is 2.91. The summed E-state index contributed by atoms with van der Waals surface area (Å²) < 4.78 is 15.4. The molecule has 0 aliphatic heterocycles. The molecule has 0 aliphatic carbocycles. The predicted molar refractivity (Wildman–Crippen MR) is 75.9 cm³/mol. The number of furan rings is 1. The van der Waals surface area contributed by atoms with E-state index < -0.39 is 11.0 Å². The van der Waals surface area contributed by atoms with Crippen molar-refractivity contribution in [3.8, 4) is 11.5 Å². The van der Waals surface area contributed by atoms with Gasteiger partial charge in [-0.05, 0) is 18.2 Å². The molecule has 2 rings (SSSR count). The number of rotatable bonds is 5. The van der Waals surface area contributed by atoms with Crippen LogP contribution in [0.3, 0.4) is 0 Å². The van der Waals surface area contributed by atoms with E-state index in [0.29, 0.717) is 17.1 Å². The molecule has 112 valence electrons. The minimum atomic E-state index is -0.753. The van der Waals surface area contributed by atoms with E-state index in [-0.39, 0.29) is 16.7 Å². The number of methoxy groups -OCH3 is 2. The third kappa shape index (κ3) is 2.79. The fourth-order valence-corrected chi connectivity index (χ4v) is 2.25. The number of halogens is 1. The van der Waals surface area contributed by atoms with E-state index in [0.717, 1.165) is 0 Å². The Bertz CT molecular complexity index is 671. The highest BCUT2D eigenvalue weighted by atomic mass is 35.5. The zero-order valence-electron chi connectivity index (χ0n) is 11.3. The highest BCUT2D eigenvalue weighted by Crippen LogP contribution is 2.40. The monoisotopic (exact) mass is 312 g/mol. The van der Waals surface area contributed by atoms with Gasteiger partial charge in [0, 0.05) is 5.56 Å². The first kappa shape index (κ1) is 15.1. The largest absolute Gasteiger partial charge is 0.495 e. The second-order valence-corrected chi connectivity index (χ2v) is 4.49. The lowest BCUT2D eigenvalue weighted by atomic mass is 10.0. The lowest BCUT2D eigenvalue weighted by molar-refractivity contribution is -0.402. The second kappa shape index (κ2) is 6.02. The second-order valence-electron chi connectivity index (χ2n) is 4.12. The summed E-state index contributed by atoms with van der Waals surface area (Å²) in [7, 11) is 2.93. The standard InChI is InChI=1S/C13H13ClN2O5/c1-19-8-4-3-7(13(20-2)11(8)14)12(15)9-5-6-10(21-9)16(17)18/h3-6,12H,15H2,1-2H3. The van der Waals surface area contributed by atoms with E-state index in [1.165, 1.54) is 26.4 Å². The number of nitro groups is 1. The number of hydrogen-bond acceptors (Lipinski definition) is 6. The van der Waals surface area contributed by atoms with E-state index in [1.807, 2.05) is 0 Å². The SMILES string of the molecule is COc1ccc(C(N)c2ccc([N+](=O)[O-])o2)c(OC)c1Cl. The molecule has 0 amide bonds. The van der Waals surface area contributed by atoms with Gasteiger partial charge in [-0.15, -0.1) is 0 Å². The minimum Gasteiger partial charge on any atom is -0.495 e. The van der Waals surface area contributed by atoms with Crippen LogP contribution in [-0.4, -0.2) is 19.1 Å². The highest BCUT2D eigenvalue weighted by molar-refractivity contribution is 6.33. The Labute approximate surface area is 125 Å². The van der Waals surface area contributed by atoms with Crippen molar-refractivity contribution in [3.63, 3.8) is 0 Å². The molecule has 1 aromatic heterocycles. The average molecular weight is 313 g/mol. The van der Waals surface area contributed by atoms with Crippen molar-refractivity contribution in [2.24, 2.45) is 5.73 Å². The molecule has 8 heteroatoms. The maximum absolute atomic E-state index is 10.6. The van der Waals surface area contributed by atoms with Crippen LogP contribution in [0.5, 0.6) is 11.5 Å². The van der Waals surface area contributed by atoms with Gasteiger partial charge in [-0.3, -0.25) is 10.1 Å². The van der Waals surface area contributed by atoms with Crippen LogP contribution in [-0.2, 0) is 0 Å². The Morgan fingerprint density at radius 1 is 1.29 bits per heavy atom. The third-order valence-corrected chi connectivity index (χ3v) is 3.31. The van der Waals surface area contributed by atoms with Crippen molar-refractivity contribution >= 4 is 17.5 Å². The van der Waals surface area contributed by atoms with Gasteiger partial charge in [0.05, 0.1) is 26.3 Å². The summed E-state index contributed by atoms with van der Waals surface area (Å²) in [4.78, 5) is 10.0. The van der Waals surface area contributed by atoms with E-state index in [4.69, 9.17) is 31.2 Å². The first-order chi connectivity index (χ1) is 9.99. The molecule has 0 fully saturated rings. The average Bonchev–Trinajstić information content (AvgIpc) is 2.96. The normalized spacial score (nSPS) is 12.0. The number of hydrogen-bond donors (Lipinski definition) is 1. The molecule has 21 heavy (non-hydrogen) atoms. The molecule has 1 heterocycles. The summed E-state index contributed by atoms with van der Waals surface area (Å²) in [5.41, 5.74) is 6.61. The summed E-state index contributed by atoms with van der Waals surface area (Å²) in [5, 5.41) is 10.9. The first-order valence-corrected chi connectivity index (χ1v) is 6.27. The smallest absolute Gasteiger partial charge is 0.433 e. The molecule has 1 atom stereocenters. The molecular weight excluding hydrogens is 300 g/mol. The van der Waals surface area contributed by atoms with E-state index in [1.54, 1.807) is 12.1 Å². The molecule has 0 aliphatic rings. The van der Waals surface area contributed by atoms with Crippen molar-refractivity contribution in [3.05, 3.63) is 50.7 Å². The number of nitrogens with two attached hydrogens (primary N) is 1. The summed E-state index contributed by atoms with van der Waals surface area (Å²) in [5.74, 6) is 0.637. The van der Waals surface area contributed by atoms with E-state index in [9.17, 15) is 10.1 Å². The number of ether oxygens (including phenoxy) is 2. The topological polar surface area (TPSA) is 101 Å². The Hall–Kier alpha value is -2.25. The third-order valence-electron chi connectivity index (χ3n) is 2.95. The summed E-state index contributed by atoms with van der Waals surface area (Å²) in [6.45, 7) is 0. The maximum Gasteiger partial charge on any atom is 0.433 e. The Morgan fingerprint density at radius 2 is 2.00 bits per heavy atom. The van der Waals surface area contributed by atoms with Crippen molar-refractivity contribution < 1.29 is 18.8 Å².